The molecule has 2 N–H and O–H groups in total. The fourth-order valence-corrected chi connectivity index (χ4v) is 4.07. The number of hydrogen-bond acceptors (Lipinski definition) is 2. The predicted octanol–water partition coefficient (Wildman–Crippen LogP) is 4.06. The largest absolute Gasteiger partial charge is 0.356 e. The van der Waals surface area contributed by atoms with Crippen LogP contribution in [0.4, 0.5) is 0 Å². The highest BCUT2D eigenvalue weighted by Crippen LogP contribution is 2.17. The van der Waals surface area contributed by atoms with Gasteiger partial charge in [-0.05, 0) is 51.5 Å². The van der Waals surface area contributed by atoms with Crippen molar-refractivity contribution >= 4 is 35.8 Å². The van der Waals surface area contributed by atoms with Crippen LogP contribution in [0, 0.1) is 19.8 Å². The molecule has 0 atom stereocenters. The number of hydrogen-bond donors (Lipinski definition) is 2. The molecule has 1 aromatic carbocycles. The fourth-order valence-electron chi connectivity index (χ4n) is 4.07. The summed E-state index contributed by atoms with van der Waals surface area (Å²) in [6, 6.07) is 7.07. The van der Waals surface area contributed by atoms with Crippen LogP contribution in [0.25, 0.3) is 0 Å². The summed E-state index contributed by atoms with van der Waals surface area (Å²) in [4.78, 5) is 19.0. The number of aryl methyl sites for hydroxylation is 2. The topological polar surface area (TPSA) is 56.7 Å². The molecular weight excluding hydrogens is 475 g/mol. The van der Waals surface area contributed by atoms with Crippen molar-refractivity contribution in [2.45, 2.75) is 65.8 Å². The maximum absolute atomic E-state index is 12.5. The number of carbonyl (C=O) groups is 1. The normalized spacial score (nSPS) is 15.2. The van der Waals surface area contributed by atoms with Gasteiger partial charge < -0.3 is 15.5 Å². The van der Waals surface area contributed by atoms with Crippen LogP contribution in [0.15, 0.2) is 23.2 Å². The lowest BCUT2D eigenvalue weighted by Crippen LogP contribution is -2.50. The maximum Gasteiger partial charge on any atom is 0.225 e. The Balaban J connectivity index is 0.00000420. The lowest BCUT2D eigenvalue weighted by Gasteiger charge is -2.34. The molecule has 164 valence electrons. The Kier molecular flexibility index (Phi) is 11.6. The minimum absolute atomic E-state index is 0. The van der Waals surface area contributed by atoms with Gasteiger partial charge in [0.1, 0.15) is 0 Å². The minimum atomic E-state index is 0. The van der Waals surface area contributed by atoms with Crippen LogP contribution in [-0.4, -0.2) is 49.5 Å². The molecule has 29 heavy (non-hydrogen) atoms. The molecule has 5 nitrogen and oxygen atoms in total. The van der Waals surface area contributed by atoms with Gasteiger partial charge in [0.05, 0.1) is 0 Å². The highest BCUT2D eigenvalue weighted by Gasteiger charge is 2.26. The van der Waals surface area contributed by atoms with Crippen molar-refractivity contribution in [3.63, 3.8) is 0 Å². The minimum Gasteiger partial charge on any atom is -0.356 e. The first-order valence-electron chi connectivity index (χ1n) is 10.8. The van der Waals surface area contributed by atoms with Crippen LogP contribution in [0.1, 0.15) is 56.2 Å². The Morgan fingerprint density at radius 3 is 2.24 bits per heavy atom. The van der Waals surface area contributed by atoms with E-state index in [9.17, 15) is 4.79 Å². The lowest BCUT2D eigenvalue weighted by molar-refractivity contribution is -0.136. The third-order valence-corrected chi connectivity index (χ3v) is 5.69. The number of piperidine rings is 1. The van der Waals surface area contributed by atoms with Gasteiger partial charge in [-0.3, -0.25) is 9.79 Å². The Morgan fingerprint density at radius 2 is 1.72 bits per heavy atom. The number of carbonyl (C=O) groups excluding carboxylic acids is 1. The summed E-state index contributed by atoms with van der Waals surface area (Å²) in [6.45, 7) is 11.0. The Morgan fingerprint density at radius 1 is 1.14 bits per heavy atom. The number of aliphatic imine (C=N–C) groups is 1. The predicted molar refractivity (Wildman–Crippen MR) is 133 cm³/mol. The van der Waals surface area contributed by atoms with Gasteiger partial charge in [-0.15, -0.1) is 24.0 Å². The number of likely N-dealkylation sites (tertiary alicyclic amines) is 1. The van der Waals surface area contributed by atoms with Crippen molar-refractivity contribution in [3.05, 3.63) is 34.9 Å². The van der Waals surface area contributed by atoms with Crippen molar-refractivity contribution in [1.82, 2.24) is 15.5 Å². The summed E-state index contributed by atoms with van der Waals surface area (Å²) in [6.07, 6.45) is 4.80. The summed E-state index contributed by atoms with van der Waals surface area (Å²) in [7, 11) is 1.82. The zero-order chi connectivity index (χ0) is 20.5. The Bertz CT molecular complexity index is 645. The van der Waals surface area contributed by atoms with Gasteiger partial charge in [-0.25, -0.2) is 0 Å². The quantitative estimate of drug-likeness (QED) is 0.328. The molecule has 0 unspecified atom stereocenters. The smallest absolute Gasteiger partial charge is 0.225 e. The van der Waals surface area contributed by atoms with E-state index in [2.05, 4.69) is 61.5 Å². The molecule has 1 aliphatic rings. The second kappa shape index (κ2) is 13.1. The Labute approximate surface area is 194 Å². The number of rotatable bonds is 7. The number of nitrogens with one attached hydrogen (secondary N) is 2. The van der Waals surface area contributed by atoms with Crippen molar-refractivity contribution in [2.24, 2.45) is 10.9 Å². The van der Waals surface area contributed by atoms with Crippen LogP contribution in [-0.2, 0) is 11.2 Å². The van der Waals surface area contributed by atoms with Crippen molar-refractivity contribution < 1.29 is 4.79 Å². The highest BCUT2D eigenvalue weighted by atomic mass is 127. The van der Waals surface area contributed by atoms with E-state index in [0.717, 1.165) is 57.7 Å². The summed E-state index contributed by atoms with van der Waals surface area (Å²) >= 11 is 0. The second-order valence-electron chi connectivity index (χ2n) is 8.00. The zero-order valence-electron chi connectivity index (χ0n) is 18.8. The molecule has 2 rings (SSSR count). The van der Waals surface area contributed by atoms with E-state index in [-0.39, 0.29) is 29.9 Å². The first-order valence-corrected chi connectivity index (χ1v) is 10.8. The van der Waals surface area contributed by atoms with Gasteiger partial charge in [0.15, 0.2) is 5.96 Å². The lowest BCUT2D eigenvalue weighted by atomic mass is 9.98. The molecule has 1 fully saturated rings. The fraction of sp³-hybridized carbons (Fsp3) is 0.652. The molecule has 1 aromatic rings. The first kappa shape index (κ1) is 25.7. The standard InChI is InChI=1S/C23H38N4O.HI/c1-6-20(7-2)22(28)27-12-9-21(10-13-27)26-23(24-5)25-11-8-19-15-17(3)14-18(4)16-19;/h14-16,20-21H,6-13H2,1-5H3,(H2,24,25,26);1H. The second-order valence-corrected chi connectivity index (χ2v) is 8.00. The SMILES string of the molecule is CCC(CC)C(=O)N1CCC(NC(=NC)NCCc2cc(C)cc(C)c2)CC1.I. The molecule has 1 heterocycles. The highest BCUT2D eigenvalue weighted by molar-refractivity contribution is 14.0. The van der Waals surface area contributed by atoms with Crippen molar-refractivity contribution in [1.29, 1.82) is 0 Å². The van der Waals surface area contributed by atoms with E-state index < -0.39 is 0 Å². The molecule has 1 aliphatic heterocycles. The molecular formula is C23H39IN4O. The average Bonchev–Trinajstić information content (AvgIpc) is 2.68. The molecule has 0 saturated carbocycles. The molecule has 6 heteroatoms. The summed E-state index contributed by atoms with van der Waals surface area (Å²) in [5.41, 5.74) is 3.98. The molecule has 1 saturated heterocycles. The van der Waals surface area contributed by atoms with Crippen molar-refractivity contribution in [3.8, 4) is 0 Å². The van der Waals surface area contributed by atoms with Gasteiger partial charge in [0.2, 0.25) is 5.91 Å². The zero-order valence-corrected chi connectivity index (χ0v) is 21.1. The average molecular weight is 514 g/mol. The number of amides is 1. The number of nitrogens with zero attached hydrogens (tertiary/aromatic N) is 2. The molecule has 0 radical (unpaired) electrons. The first-order chi connectivity index (χ1) is 13.5. The van der Waals surface area contributed by atoms with Crippen LogP contribution >= 0.6 is 24.0 Å². The van der Waals surface area contributed by atoms with E-state index in [1.54, 1.807) is 0 Å². The van der Waals surface area contributed by atoms with E-state index >= 15 is 0 Å². The van der Waals surface area contributed by atoms with Gasteiger partial charge >= 0.3 is 0 Å². The van der Waals surface area contributed by atoms with Gasteiger partial charge in [0.25, 0.3) is 0 Å². The van der Waals surface area contributed by atoms with E-state index in [0.29, 0.717) is 11.9 Å². The van der Waals surface area contributed by atoms with Crippen molar-refractivity contribution in [2.75, 3.05) is 26.7 Å². The maximum atomic E-state index is 12.5. The van der Waals surface area contributed by atoms with Crippen LogP contribution < -0.4 is 10.6 Å². The molecule has 0 bridgehead atoms. The third kappa shape index (κ3) is 8.15. The van der Waals surface area contributed by atoms with E-state index in [1.165, 1.54) is 16.7 Å². The van der Waals surface area contributed by atoms with Gasteiger partial charge in [0, 0.05) is 38.6 Å². The van der Waals surface area contributed by atoms with Gasteiger partial charge in [-0.2, -0.15) is 0 Å². The number of benzene rings is 1. The monoisotopic (exact) mass is 514 g/mol. The summed E-state index contributed by atoms with van der Waals surface area (Å²) < 4.78 is 0. The molecule has 1 amide bonds. The van der Waals surface area contributed by atoms with Gasteiger partial charge in [-0.1, -0.05) is 43.2 Å². The molecule has 0 aliphatic carbocycles. The molecule has 0 spiro atoms. The summed E-state index contributed by atoms with van der Waals surface area (Å²) in [5, 5.41) is 6.97. The number of halogens is 1. The van der Waals surface area contributed by atoms with E-state index in [4.69, 9.17) is 0 Å². The number of guanidine groups is 1. The third-order valence-electron chi connectivity index (χ3n) is 5.69. The molecule has 0 aromatic heterocycles. The van der Waals surface area contributed by atoms with Crippen LogP contribution in [0.3, 0.4) is 0 Å². The Hall–Kier alpha value is -1.31. The van der Waals surface area contributed by atoms with Crippen LogP contribution in [0.5, 0.6) is 0 Å². The summed E-state index contributed by atoms with van der Waals surface area (Å²) in [5.74, 6) is 1.37. The van der Waals surface area contributed by atoms with E-state index in [1.807, 2.05) is 11.9 Å². The van der Waals surface area contributed by atoms with Crippen LogP contribution in [0.2, 0.25) is 0 Å².